The molecule has 0 saturated carbocycles. The lowest BCUT2D eigenvalue weighted by molar-refractivity contribution is -0.710. The lowest BCUT2D eigenvalue weighted by Crippen LogP contribution is -2.33. The standard InChI is InChI=1S/C20H33N2O/c1-3-5-6-7-8-9-10-13-16-23-18-22-17-21(4-2)19-14-11-12-15-20(19)22/h11-12,14-15,17H,3-10,13,16,18H2,1-2H3/q+1. The van der Waals surface area contributed by atoms with Crippen LogP contribution in [0.2, 0.25) is 0 Å². The molecule has 0 saturated heterocycles. The maximum atomic E-state index is 5.88. The number of fused-ring (bicyclic) bond motifs is 1. The Morgan fingerprint density at radius 2 is 1.61 bits per heavy atom. The van der Waals surface area contributed by atoms with Crippen molar-refractivity contribution in [2.75, 3.05) is 6.61 Å². The van der Waals surface area contributed by atoms with Gasteiger partial charge in [-0.25, -0.2) is 9.13 Å². The van der Waals surface area contributed by atoms with E-state index >= 15 is 0 Å². The second-order valence-corrected chi connectivity index (χ2v) is 6.37. The topological polar surface area (TPSA) is 18.0 Å². The fraction of sp³-hybridized carbons (Fsp3) is 0.650. The molecule has 0 N–H and O–H groups in total. The molecule has 0 amide bonds. The van der Waals surface area contributed by atoms with E-state index in [2.05, 4.69) is 53.6 Å². The molecule has 0 fully saturated rings. The summed E-state index contributed by atoms with van der Waals surface area (Å²) < 4.78 is 10.4. The first kappa shape index (κ1) is 18.0. The maximum Gasteiger partial charge on any atom is 0.246 e. The van der Waals surface area contributed by atoms with Crippen molar-refractivity contribution in [3.05, 3.63) is 30.6 Å². The van der Waals surface area contributed by atoms with Crippen molar-refractivity contribution in [1.29, 1.82) is 0 Å². The van der Waals surface area contributed by atoms with Gasteiger partial charge in [0.15, 0.2) is 17.8 Å². The molecule has 0 unspecified atom stereocenters. The normalized spacial score (nSPS) is 11.4. The first-order valence-electron chi connectivity index (χ1n) is 9.41. The third-order valence-electron chi connectivity index (χ3n) is 4.49. The Hall–Kier alpha value is -1.35. The monoisotopic (exact) mass is 317 g/mol. The van der Waals surface area contributed by atoms with Gasteiger partial charge in [-0.3, -0.25) is 0 Å². The minimum Gasteiger partial charge on any atom is -0.342 e. The minimum atomic E-state index is 0.657. The number of hydrogen-bond donors (Lipinski definition) is 0. The molecule has 23 heavy (non-hydrogen) atoms. The first-order valence-corrected chi connectivity index (χ1v) is 9.41. The Balaban J connectivity index is 1.63. The highest BCUT2D eigenvalue weighted by Crippen LogP contribution is 2.11. The third-order valence-corrected chi connectivity index (χ3v) is 4.49. The quantitative estimate of drug-likeness (QED) is 0.395. The lowest BCUT2D eigenvalue weighted by Gasteiger charge is -2.03. The van der Waals surface area contributed by atoms with Crippen molar-refractivity contribution >= 4 is 11.0 Å². The predicted octanol–water partition coefficient (Wildman–Crippen LogP) is 5.06. The van der Waals surface area contributed by atoms with E-state index in [1.807, 2.05) is 0 Å². The molecule has 1 aromatic heterocycles. The summed E-state index contributed by atoms with van der Waals surface area (Å²) in [6.45, 7) is 6.97. The Kier molecular flexibility index (Phi) is 8.16. The van der Waals surface area contributed by atoms with Crippen LogP contribution in [0.5, 0.6) is 0 Å². The average molecular weight is 317 g/mol. The molecule has 0 aliphatic carbocycles. The fourth-order valence-corrected chi connectivity index (χ4v) is 3.10. The molecule has 0 aliphatic heterocycles. The van der Waals surface area contributed by atoms with Gasteiger partial charge in [-0.1, -0.05) is 64.0 Å². The molecule has 3 nitrogen and oxygen atoms in total. The van der Waals surface area contributed by atoms with Gasteiger partial charge in [-0.05, 0) is 25.5 Å². The zero-order valence-electron chi connectivity index (χ0n) is 15.0. The Bertz CT molecular complexity index is 562. The van der Waals surface area contributed by atoms with Crippen LogP contribution in [0.25, 0.3) is 11.0 Å². The minimum absolute atomic E-state index is 0.657. The van der Waals surface area contributed by atoms with Crippen LogP contribution < -0.4 is 4.57 Å². The molecule has 2 rings (SSSR count). The number of hydrogen-bond acceptors (Lipinski definition) is 1. The molecule has 0 atom stereocenters. The lowest BCUT2D eigenvalue weighted by atomic mass is 10.1. The summed E-state index contributed by atoms with van der Waals surface area (Å²) in [4.78, 5) is 0. The number of rotatable bonds is 12. The number of nitrogens with zero attached hydrogens (tertiary/aromatic N) is 2. The maximum absolute atomic E-state index is 5.88. The highest BCUT2D eigenvalue weighted by atomic mass is 16.5. The Morgan fingerprint density at radius 3 is 2.35 bits per heavy atom. The van der Waals surface area contributed by atoms with E-state index in [4.69, 9.17) is 4.74 Å². The van der Waals surface area contributed by atoms with E-state index in [1.165, 1.54) is 62.4 Å². The van der Waals surface area contributed by atoms with Gasteiger partial charge in [0.1, 0.15) is 0 Å². The molecule has 0 spiro atoms. The molecule has 3 heteroatoms. The molecule has 1 heterocycles. The van der Waals surface area contributed by atoms with Crippen LogP contribution >= 0.6 is 0 Å². The molecule has 2 aromatic rings. The van der Waals surface area contributed by atoms with Gasteiger partial charge < -0.3 is 4.74 Å². The first-order chi connectivity index (χ1) is 11.4. The van der Waals surface area contributed by atoms with Gasteiger partial charge in [0, 0.05) is 0 Å². The van der Waals surface area contributed by atoms with E-state index < -0.39 is 0 Å². The molecular formula is C20H33N2O+. The summed E-state index contributed by atoms with van der Waals surface area (Å²) in [5, 5.41) is 0. The Labute approximate surface area is 141 Å². The smallest absolute Gasteiger partial charge is 0.246 e. The van der Waals surface area contributed by atoms with Gasteiger partial charge in [0.2, 0.25) is 6.33 Å². The highest BCUT2D eigenvalue weighted by molar-refractivity contribution is 5.71. The van der Waals surface area contributed by atoms with Crippen LogP contribution in [0, 0.1) is 0 Å². The number of benzene rings is 1. The van der Waals surface area contributed by atoms with Gasteiger partial charge in [0.05, 0.1) is 13.2 Å². The van der Waals surface area contributed by atoms with Gasteiger partial charge in [0.25, 0.3) is 0 Å². The summed E-state index contributed by atoms with van der Waals surface area (Å²) in [5.74, 6) is 0. The van der Waals surface area contributed by atoms with Gasteiger partial charge >= 0.3 is 0 Å². The van der Waals surface area contributed by atoms with Crippen molar-refractivity contribution < 1.29 is 9.30 Å². The second-order valence-electron chi connectivity index (χ2n) is 6.37. The van der Waals surface area contributed by atoms with Crippen LogP contribution in [0.3, 0.4) is 0 Å². The van der Waals surface area contributed by atoms with E-state index in [-0.39, 0.29) is 0 Å². The molecular weight excluding hydrogens is 284 g/mol. The summed E-state index contributed by atoms with van der Waals surface area (Å²) in [6.07, 6.45) is 12.9. The number of unbranched alkanes of at least 4 members (excludes halogenated alkanes) is 7. The fourth-order valence-electron chi connectivity index (χ4n) is 3.10. The van der Waals surface area contributed by atoms with Crippen molar-refractivity contribution in [2.24, 2.45) is 0 Å². The van der Waals surface area contributed by atoms with Crippen molar-refractivity contribution in [3.8, 4) is 0 Å². The predicted molar refractivity (Wildman–Crippen MR) is 96.4 cm³/mol. The molecule has 1 aromatic carbocycles. The summed E-state index contributed by atoms with van der Waals surface area (Å²) >= 11 is 0. The van der Waals surface area contributed by atoms with Crippen LogP contribution in [0.1, 0.15) is 65.2 Å². The molecule has 128 valence electrons. The van der Waals surface area contributed by atoms with Crippen LogP contribution in [-0.2, 0) is 18.0 Å². The Morgan fingerprint density at radius 1 is 0.913 bits per heavy atom. The van der Waals surface area contributed by atoms with Crippen molar-refractivity contribution in [3.63, 3.8) is 0 Å². The van der Waals surface area contributed by atoms with Crippen LogP contribution in [0.15, 0.2) is 30.6 Å². The number of aryl methyl sites for hydroxylation is 1. The van der Waals surface area contributed by atoms with Crippen molar-refractivity contribution in [2.45, 2.75) is 78.5 Å². The summed E-state index contributed by atoms with van der Waals surface area (Å²) in [7, 11) is 0. The number of para-hydroxylation sites is 2. The number of aromatic nitrogens is 2. The highest BCUT2D eigenvalue weighted by Gasteiger charge is 2.13. The zero-order valence-corrected chi connectivity index (χ0v) is 15.0. The van der Waals surface area contributed by atoms with E-state index in [9.17, 15) is 0 Å². The molecule has 0 aliphatic rings. The summed E-state index contributed by atoms with van der Waals surface area (Å²) in [5.41, 5.74) is 2.54. The zero-order chi connectivity index (χ0) is 16.3. The molecule has 0 bridgehead atoms. The van der Waals surface area contributed by atoms with E-state index in [0.29, 0.717) is 6.73 Å². The van der Waals surface area contributed by atoms with E-state index in [1.54, 1.807) is 0 Å². The van der Waals surface area contributed by atoms with Crippen LogP contribution in [0.4, 0.5) is 0 Å². The SMILES string of the molecule is CCCCCCCCCCOC[n+]1cn(CC)c2ccccc21. The second kappa shape index (κ2) is 10.4. The third kappa shape index (κ3) is 5.65. The van der Waals surface area contributed by atoms with Crippen molar-refractivity contribution in [1.82, 2.24) is 4.57 Å². The summed E-state index contributed by atoms with van der Waals surface area (Å²) in [6, 6.07) is 8.53. The van der Waals surface area contributed by atoms with Gasteiger partial charge in [-0.2, -0.15) is 0 Å². The molecule has 0 radical (unpaired) electrons. The average Bonchev–Trinajstić information content (AvgIpc) is 2.95. The van der Waals surface area contributed by atoms with Gasteiger partial charge in [-0.15, -0.1) is 0 Å². The number of imidazole rings is 1. The largest absolute Gasteiger partial charge is 0.342 e. The van der Waals surface area contributed by atoms with E-state index in [0.717, 1.165) is 13.2 Å². The number of ether oxygens (including phenoxy) is 1. The van der Waals surface area contributed by atoms with Crippen LogP contribution in [-0.4, -0.2) is 11.2 Å².